The zero-order valence-electron chi connectivity index (χ0n) is 28.4. The van der Waals surface area contributed by atoms with Crippen molar-refractivity contribution in [2.45, 2.75) is 32.1 Å². The van der Waals surface area contributed by atoms with Gasteiger partial charge in [-0.15, -0.1) is 0 Å². The Bertz CT molecular complexity index is 2580. The van der Waals surface area contributed by atoms with Gasteiger partial charge >= 0.3 is 0 Å². The highest BCUT2D eigenvalue weighted by molar-refractivity contribution is 6.23. The normalized spacial score (nSPS) is 14.2. The Morgan fingerprint density at radius 2 is 1.00 bits per heavy atom. The van der Waals surface area contributed by atoms with Crippen molar-refractivity contribution < 1.29 is 0 Å². The maximum absolute atomic E-state index is 2.57. The molecule has 0 bridgehead atoms. The van der Waals surface area contributed by atoms with E-state index in [1.807, 2.05) is 0 Å². The van der Waals surface area contributed by atoms with Gasteiger partial charge in [0.05, 0.1) is 5.69 Å². The molecule has 8 aromatic carbocycles. The van der Waals surface area contributed by atoms with Gasteiger partial charge in [-0.25, -0.2) is 0 Å². The average molecular weight is 640 g/mol. The lowest BCUT2D eigenvalue weighted by molar-refractivity contribution is 0.660. The van der Waals surface area contributed by atoms with Crippen LogP contribution in [-0.2, 0) is 18.3 Å². The van der Waals surface area contributed by atoms with Crippen LogP contribution in [0.1, 0.15) is 36.1 Å². The minimum atomic E-state index is -0.0352. The first-order valence-electron chi connectivity index (χ1n) is 17.8. The Balaban J connectivity index is 1.33. The molecule has 0 spiro atoms. The van der Waals surface area contributed by atoms with Crippen molar-refractivity contribution in [2.24, 2.45) is 0 Å². The predicted molar refractivity (Wildman–Crippen MR) is 212 cm³/mol. The molecule has 0 fully saturated rings. The molecule has 0 aromatic heterocycles. The first-order chi connectivity index (χ1) is 24.6. The van der Waals surface area contributed by atoms with E-state index < -0.39 is 0 Å². The van der Waals surface area contributed by atoms with E-state index in [-0.39, 0.29) is 5.41 Å². The Morgan fingerprint density at radius 1 is 0.420 bits per heavy atom. The molecular weight excluding hydrogens is 603 g/mol. The van der Waals surface area contributed by atoms with Gasteiger partial charge in [-0.05, 0) is 104 Å². The predicted octanol–water partition coefficient (Wildman–Crippen LogP) is 13.2. The van der Waals surface area contributed by atoms with Crippen LogP contribution in [0.25, 0.3) is 54.9 Å². The van der Waals surface area contributed by atoms with E-state index in [1.165, 1.54) is 94.2 Å². The maximum atomic E-state index is 2.57. The molecular formula is C49H37N. The van der Waals surface area contributed by atoms with E-state index in [4.69, 9.17) is 0 Å². The van der Waals surface area contributed by atoms with Crippen LogP contribution in [0.2, 0.25) is 0 Å². The molecule has 0 radical (unpaired) electrons. The molecule has 0 saturated heterocycles. The number of anilines is 3. The monoisotopic (exact) mass is 639 g/mol. The second-order valence-corrected chi connectivity index (χ2v) is 14.4. The molecule has 2 aliphatic rings. The van der Waals surface area contributed by atoms with Crippen molar-refractivity contribution in [3.8, 4) is 33.4 Å². The number of fused-ring (bicyclic) bond motifs is 7. The van der Waals surface area contributed by atoms with Gasteiger partial charge in [0.15, 0.2) is 0 Å². The minimum absolute atomic E-state index is 0.0352. The van der Waals surface area contributed by atoms with Gasteiger partial charge in [-0.1, -0.05) is 153 Å². The lowest BCUT2D eigenvalue weighted by Gasteiger charge is -2.31. The summed E-state index contributed by atoms with van der Waals surface area (Å²) in [6.45, 7) is 4.72. The maximum Gasteiger partial charge on any atom is 0.0619 e. The van der Waals surface area contributed by atoms with Gasteiger partial charge in [0, 0.05) is 27.6 Å². The third kappa shape index (κ3) is 4.26. The molecule has 0 N–H and O–H groups in total. The molecule has 0 unspecified atom stereocenters. The Kier molecular flexibility index (Phi) is 6.42. The van der Waals surface area contributed by atoms with E-state index in [0.29, 0.717) is 0 Å². The van der Waals surface area contributed by atoms with Gasteiger partial charge < -0.3 is 4.90 Å². The van der Waals surface area contributed by atoms with Gasteiger partial charge in [0.1, 0.15) is 0 Å². The summed E-state index contributed by atoms with van der Waals surface area (Å²) >= 11 is 0. The van der Waals surface area contributed by atoms with Crippen LogP contribution in [0.3, 0.4) is 0 Å². The molecule has 1 heteroatoms. The molecule has 1 nitrogen and oxygen atoms in total. The molecule has 8 aromatic rings. The highest BCUT2D eigenvalue weighted by Crippen LogP contribution is 2.53. The summed E-state index contributed by atoms with van der Waals surface area (Å²) < 4.78 is 0. The molecule has 1 aliphatic heterocycles. The summed E-state index contributed by atoms with van der Waals surface area (Å²) in [5.41, 5.74) is 17.0. The summed E-state index contributed by atoms with van der Waals surface area (Å²) in [6.07, 6.45) is 2.03. The van der Waals surface area contributed by atoms with Crippen molar-refractivity contribution in [3.05, 3.63) is 186 Å². The van der Waals surface area contributed by atoms with E-state index >= 15 is 0 Å². The van der Waals surface area contributed by atoms with Gasteiger partial charge in [-0.2, -0.15) is 0 Å². The number of aryl methyl sites for hydroxylation is 2. The lowest BCUT2D eigenvalue weighted by atomic mass is 9.81. The molecule has 1 aliphatic carbocycles. The van der Waals surface area contributed by atoms with Crippen LogP contribution in [0.5, 0.6) is 0 Å². The molecule has 0 saturated carbocycles. The van der Waals surface area contributed by atoms with Crippen molar-refractivity contribution >= 4 is 38.6 Å². The number of para-hydroxylation sites is 2. The third-order valence-corrected chi connectivity index (χ3v) is 11.3. The SMILES string of the molecule is CC1(C)c2ccccc2-c2cc(-c3c4ccccc4c(N4c5ccccc5CCc5ccccc54)c4ccc(-c5ccccc5)cc34)ccc21. The zero-order valence-corrected chi connectivity index (χ0v) is 28.4. The van der Waals surface area contributed by atoms with Crippen LogP contribution in [-0.4, -0.2) is 0 Å². The zero-order chi connectivity index (χ0) is 33.4. The highest BCUT2D eigenvalue weighted by atomic mass is 15.2. The molecule has 238 valence electrons. The van der Waals surface area contributed by atoms with Crippen LogP contribution >= 0.6 is 0 Å². The quantitative estimate of drug-likeness (QED) is 0.174. The van der Waals surface area contributed by atoms with Crippen molar-refractivity contribution in [2.75, 3.05) is 4.90 Å². The number of hydrogen-bond acceptors (Lipinski definition) is 1. The van der Waals surface area contributed by atoms with Gasteiger partial charge in [0.2, 0.25) is 0 Å². The van der Waals surface area contributed by atoms with E-state index in [1.54, 1.807) is 0 Å². The number of rotatable bonds is 3. The fourth-order valence-corrected chi connectivity index (χ4v) is 8.91. The van der Waals surface area contributed by atoms with Crippen LogP contribution < -0.4 is 4.90 Å². The van der Waals surface area contributed by atoms with Gasteiger partial charge in [-0.3, -0.25) is 0 Å². The fraction of sp³-hybridized carbons (Fsp3) is 0.102. The fourth-order valence-electron chi connectivity index (χ4n) is 8.91. The Morgan fingerprint density at radius 3 is 1.76 bits per heavy atom. The third-order valence-electron chi connectivity index (χ3n) is 11.3. The molecule has 0 atom stereocenters. The molecule has 50 heavy (non-hydrogen) atoms. The van der Waals surface area contributed by atoms with Gasteiger partial charge in [0.25, 0.3) is 0 Å². The highest BCUT2D eigenvalue weighted by Gasteiger charge is 2.35. The number of benzene rings is 8. The second kappa shape index (κ2) is 11.1. The smallest absolute Gasteiger partial charge is 0.0619 e. The van der Waals surface area contributed by atoms with E-state index in [2.05, 4.69) is 183 Å². The summed E-state index contributed by atoms with van der Waals surface area (Å²) in [5.74, 6) is 0. The summed E-state index contributed by atoms with van der Waals surface area (Å²) in [6, 6.07) is 61.2. The summed E-state index contributed by atoms with van der Waals surface area (Å²) in [4.78, 5) is 2.57. The van der Waals surface area contributed by atoms with E-state index in [9.17, 15) is 0 Å². The van der Waals surface area contributed by atoms with Crippen LogP contribution in [0, 0.1) is 0 Å². The standard InChI is InChI=1S/C49H37N/c1-49(2)43-21-11-10-18-37(43)41-31-36(27-29-44(41)49)47-38-19-8-9-20-39(38)48(40-28-26-35(30-42(40)47)32-14-4-3-5-15-32)50-45-22-12-6-16-33(45)24-25-34-17-7-13-23-46(34)50/h3-23,26-31H,24-25H2,1-2H3. The minimum Gasteiger partial charge on any atom is -0.309 e. The van der Waals surface area contributed by atoms with Crippen molar-refractivity contribution in [3.63, 3.8) is 0 Å². The molecule has 10 rings (SSSR count). The lowest BCUT2D eigenvalue weighted by Crippen LogP contribution is -2.14. The first-order valence-corrected chi connectivity index (χ1v) is 17.8. The Labute approximate surface area is 294 Å². The first kappa shape index (κ1) is 29.0. The topological polar surface area (TPSA) is 3.24 Å². The summed E-state index contributed by atoms with van der Waals surface area (Å²) in [5, 5.41) is 5.05. The molecule has 1 heterocycles. The average Bonchev–Trinajstić information content (AvgIpc) is 3.28. The van der Waals surface area contributed by atoms with Crippen LogP contribution in [0.4, 0.5) is 17.1 Å². The van der Waals surface area contributed by atoms with E-state index in [0.717, 1.165) is 12.8 Å². The molecule has 0 amide bonds. The van der Waals surface area contributed by atoms with Crippen molar-refractivity contribution in [1.82, 2.24) is 0 Å². The number of nitrogens with zero attached hydrogens (tertiary/aromatic N) is 1. The van der Waals surface area contributed by atoms with Crippen LogP contribution in [0.15, 0.2) is 164 Å². The van der Waals surface area contributed by atoms with Crippen molar-refractivity contribution in [1.29, 1.82) is 0 Å². The largest absolute Gasteiger partial charge is 0.309 e. The summed E-state index contributed by atoms with van der Waals surface area (Å²) in [7, 11) is 0. The Hall–Kier alpha value is -5.92. The second-order valence-electron chi connectivity index (χ2n) is 14.4. The number of hydrogen-bond donors (Lipinski definition) is 0.